The fourth-order valence-corrected chi connectivity index (χ4v) is 2.72. The van der Waals surface area contributed by atoms with Crippen molar-refractivity contribution in [3.63, 3.8) is 0 Å². The summed E-state index contributed by atoms with van der Waals surface area (Å²) >= 11 is 0. The number of nitrogens with one attached hydrogen (secondary N) is 1. The number of hydrogen-bond donors (Lipinski definition) is 1. The molecule has 1 saturated heterocycles. The van der Waals surface area contributed by atoms with Crippen molar-refractivity contribution in [3.8, 4) is 0 Å². The van der Waals surface area contributed by atoms with Crippen molar-refractivity contribution >= 4 is 17.5 Å². The molecular formula is C17H22N4. The van der Waals surface area contributed by atoms with E-state index in [0.717, 1.165) is 36.2 Å². The number of piperidine rings is 1. The van der Waals surface area contributed by atoms with Crippen molar-refractivity contribution in [3.05, 3.63) is 41.6 Å². The van der Waals surface area contributed by atoms with E-state index in [1.807, 2.05) is 13.0 Å². The maximum atomic E-state index is 4.69. The Morgan fingerprint density at radius 2 is 1.81 bits per heavy atom. The molecule has 1 aromatic heterocycles. The largest absolute Gasteiger partial charge is 0.341 e. The number of anilines is 3. The van der Waals surface area contributed by atoms with Crippen molar-refractivity contribution in [2.24, 2.45) is 0 Å². The highest BCUT2D eigenvalue weighted by Gasteiger charge is 2.14. The van der Waals surface area contributed by atoms with Gasteiger partial charge in [-0.2, -0.15) is 4.98 Å². The zero-order valence-corrected chi connectivity index (χ0v) is 12.8. The maximum absolute atomic E-state index is 4.69. The van der Waals surface area contributed by atoms with Crippen LogP contribution in [0.5, 0.6) is 0 Å². The minimum atomic E-state index is 0.852. The maximum Gasteiger partial charge on any atom is 0.227 e. The summed E-state index contributed by atoms with van der Waals surface area (Å²) in [6, 6.07) is 10.3. The van der Waals surface area contributed by atoms with E-state index in [9.17, 15) is 0 Å². The Labute approximate surface area is 126 Å². The Hall–Kier alpha value is -2.10. The summed E-state index contributed by atoms with van der Waals surface area (Å²) in [6.45, 7) is 6.24. The van der Waals surface area contributed by atoms with Gasteiger partial charge in [-0.25, -0.2) is 4.98 Å². The van der Waals surface area contributed by atoms with Gasteiger partial charge in [-0.3, -0.25) is 0 Å². The molecule has 4 heteroatoms. The van der Waals surface area contributed by atoms with E-state index in [0.29, 0.717) is 0 Å². The summed E-state index contributed by atoms with van der Waals surface area (Å²) in [7, 11) is 0. The second-order valence-corrected chi connectivity index (χ2v) is 5.74. The van der Waals surface area contributed by atoms with E-state index >= 15 is 0 Å². The lowest BCUT2D eigenvalue weighted by atomic mass is 10.1. The predicted octanol–water partition coefficient (Wildman–Crippen LogP) is 3.83. The number of benzene rings is 1. The standard InChI is InChI=1S/C17H22N4/c1-13-7-6-8-15(11-13)19-16-12-14(2)18-17(20-16)21-9-4-3-5-10-21/h6-8,11-12H,3-5,9-10H2,1-2H3,(H,18,19,20). The van der Waals surface area contributed by atoms with E-state index in [1.54, 1.807) is 0 Å². The first-order chi connectivity index (χ1) is 10.2. The van der Waals surface area contributed by atoms with Crippen molar-refractivity contribution in [2.45, 2.75) is 33.1 Å². The van der Waals surface area contributed by atoms with Crippen LogP contribution in [0.15, 0.2) is 30.3 Å². The molecule has 2 aromatic rings. The number of aromatic nitrogens is 2. The van der Waals surface area contributed by atoms with E-state index in [2.05, 4.69) is 51.4 Å². The van der Waals surface area contributed by atoms with Gasteiger partial charge in [0.2, 0.25) is 5.95 Å². The molecule has 0 radical (unpaired) electrons. The summed E-state index contributed by atoms with van der Waals surface area (Å²) in [4.78, 5) is 11.6. The van der Waals surface area contributed by atoms with Crippen molar-refractivity contribution < 1.29 is 0 Å². The van der Waals surface area contributed by atoms with Gasteiger partial charge in [-0.1, -0.05) is 12.1 Å². The molecular weight excluding hydrogens is 260 g/mol. The van der Waals surface area contributed by atoms with Crippen LogP contribution in [0.1, 0.15) is 30.5 Å². The van der Waals surface area contributed by atoms with Crippen LogP contribution in [-0.2, 0) is 0 Å². The molecule has 0 saturated carbocycles. The summed E-state index contributed by atoms with van der Waals surface area (Å²) in [5, 5.41) is 3.39. The van der Waals surface area contributed by atoms with Gasteiger partial charge in [-0.05, 0) is 50.8 Å². The highest BCUT2D eigenvalue weighted by molar-refractivity contribution is 5.58. The fraction of sp³-hybridized carbons (Fsp3) is 0.412. The van der Waals surface area contributed by atoms with Gasteiger partial charge in [0.15, 0.2) is 0 Å². The molecule has 1 aromatic carbocycles. The molecule has 0 unspecified atom stereocenters. The van der Waals surface area contributed by atoms with Gasteiger partial charge in [-0.15, -0.1) is 0 Å². The quantitative estimate of drug-likeness (QED) is 0.929. The third kappa shape index (κ3) is 3.51. The molecule has 1 aliphatic heterocycles. The van der Waals surface area contributed by atoms with E-state index in [4.69, 9.17) is 0 Å². The molecule has 1 fully saturated rings. The third-order valence-corrected chi connectivity index (χ3v) is 3.77. The number of rotatable bonds is 3. The summed E-state index contributed by atoms with van der Waals surface area (Å²) < 4.78 is 0. The van der Waals surface area contributed by atoms with Gasteiger partial charge in [0, 0.05) is 30.5 Å². The number of nitrogens with zero attached hydrogens (tertiary/aromatic N) is 3. The molecule has 3 rings (SSSR count). The third-order valence-electron chi connectivity index (χ3n) is 3.77. The number of hydrogen-bond acceptors (Lipinski definition) is 4. The van der Waals surface area contributed by atoms with Crippen LogP contribution in [-0.4, -0.2) is 23.1 Å². The van der Waals surface area contributed by atoms with Gasteiger partial charge in [0.25, 0.3) is 0 Å². The lowest BCUT2D eigenvalue weighted by Gasteiger charge is -2.27. The Morgan fingerprint density at radius 3 is 2.57 bits per heavy atom. The molecule has 0 atom stereocenters. The molecule has 1 aliphatic rings. The smallest absolute Gasteiger partial charge is 0.227 e. The lowest BCUT2D eigenvalue weighted by molar-refractivity contribution is 0.568. The van der Waals surface area contributed by atoms with E-state index in [-0.39, 0.29) is 0 Å². The highest BCUT2D eigenvalue weighted by atomic mass is 15.3. The van der Waals surface area contributed by atoms with Gasteiger partial charge < -0.3 is 10.2 Å². The Morgan fingerprint density at radius 1 is 1.00 bits per heavy atom. The second-order valence-electron chi connectivity index (χ2n) is 5.74. The minimum Gasteiger partial charge on any atom is -0.341 e. The lowest BCUT2D eigenvalue weighted by Crippen LogP contribution is -2.31. The van der Waals surface area contributed by atoms with Crippen molar-refractivity contribution in [1.29, 1.82) is 0 Å². The average molecular weight is 282 g/mol. The van der Waals surface area contributed by atoms with Crippen LogP contribution in [0.4, 0.5) is 17.5 Å². The average Bonchev–Trinajstić information content (AvgIpc) is 2.47. The van der Waals surface area contributed by atoms with Gasteiger partial charge >= 0.3 is 0 Å². The molecule has 0 spiro atoms. The highest BCUT2D eigenvalue weighted by Crippen LogP contribution is 2.21. The Balaban J connectivity index is 1.83. The Bertz CT molecular complexity index is 618. The zero-order chi connectivity index (χ0) is 14.7. The number of aryl methyl sites for hydroxylation is 2. The monoisotopic (exact) mass is 282 g/mol. The molecule has 0 amide bonds. The summed E-state index contributed by atoms with van der Waals surface area (Å²) in [6.07, 6.45) is 3.78. The SMILES string of the molecule is Cc1cccc(Nc2cc(C)nc(N3CCCCC3)n2)c1. The molecule has 0 bridgehead atoms. The van der Waals surface area contributed by atoms with Gasteiger partial charge in [0.05, 0.1) is 0 Å². The summed E-state index contributed by atoms with van der Waals surface area (Å²) in [5.74, 6) is 1.72. The van der Waals surface area contributed by atoms with Crippen LogP contribution in [0.3, 0.4) is 0 Å². The van der Waals surface area contributed by atoms with Crippen LogP contribution in [0.2, 0.25) is 0 Å². The first-order valence-corrected chi connectivity index (χ1v) is 7.65. The van der Waals surface area contributed by atoms with Crippen LogP contribution >= 0.6 is 0 Å². The molecule has 110 valence electrons. The zero-order valence-electron chi connectivity index (χ0n) is 12.8. The molecule has 21 heavy (non-hydrogen) atoms. The van der Waals surface area contributed by atoms with Crippen molar-refractivity contribution in [2.75, 3.05) is 23.3 Å². The molecule has 4 nitrogen and oxygen atoms in total. The van der Waals surface area contributed by atoms with Crippen molar-refractivity contribution in [1.82, 2.24) is 9.97 Å². The van der Waals surface area contributed by atoms with E-state index < -0.39 is 0 Å². The second kappa shape index (κ2) is 6.12. The normalized spacial score (nSPS) is 15.0. The topological polar surface area (TPSA) is 41.1 Å². The van der Waals surface area contributed by atoms with Crippen LogP contribution in [0.25, 0.3) is 0 Å². The first kappa shape index (κ1) is 13.9. The first-order valence-electron chi connectivity index (χ1n) is 7.65. The minimum absolute atomic E-state index is 0.852. The fourth-order valence-electron chi connectivity index (χ4n) is 2.72. The van der Waals surface area contributed by atoms with Crippen LogP contribution < -0.4 is 10.2 Å². The van der Waals surface area contributed by atoms with Gasteiger partial charge in [0.1, 0.15) is 5.82 Å². The molecule has 0 aliphatic carbocycles. The predicted molar refractivity (Wildman–Crippen MR) is 87.3 cm³/mol. The molecule has 1 N–H and O–H groups in total. The van der Waals surface area contributed by atoms with E-state index in [1.165, 1.54) is 24.8 Å². The Kier molecular flexibility index (Phi) is 4.04. The molecule has 2 heterocycles. The van der Waals surface area contributed by atoms with Crippen LogP contribution in [0, 0.1) is 13.8 Å². The summed E-state index contributed by atoms with van der Waals surface area (Å²) in [5.41, 5.74) is 3.31.